The Hall–Kier alpha value is -3.26. The van der Waals surface area contributed by atoms with E-state index in [2.05, 4.69) is 20.9 Å². The van der Waals surface area contributed by atoms with Crippen molar-refractivity contribution in [1.29, 1.82) is 5.26 Å². The smallest absolute Gasteiger partial charge is 0.258 e. The third kappa shape index (κ3) is 5.93. The lowest BCUT2D eigenvalue weighted by Gasteiger charge is -2.15. The molecule has 0 amide bonds. The number of hydrogen-bond acceptors (Lipinski definition) is 8. The summed E-state index contributed by atoms with van der Waals surface area (Å²) in [5, 5.41) is 13.7. The number of aromatic nitrogens is 2. The number of sulfonamides is 1. The minimum Gasteiger partial charge on any atom is -0.490 e. The number of benzene rings is 2. The van der Waals surface area contributed by atoms with Gasteiger partial charge in [-0.15, -0.1) is 0 Å². The number of nitrogens with zero attached hydrogens (tertiary/aromatic N) is 4. The first-order chi connectivity index (χ1) is 17.2. The Morgan fingerprint density at radius 1 is 1.28 bits per heavy atom. The van der Waals surface area contributed by atoms with E-state index in [1.54, 1.807) is 18.2 Å². The zero-order valence-electron chi connectivity index (χ0n) is 21.0. The van der Waals surface area contributed by atoms with Crippen molar-refractivity contribution in [1.82, 2.24) is 19.8 Å². The van der Waals surface area contributed by atoms with E-state index >= 15 is 0 Å². The molecule has 0 bridgehead atoms. The predicted octanol–water partition coefficient (Wildman–Crippen LogP) is 3.57. The molecule has 1 aromatic heterocycles. The highest BCUT2D eigenvalue weighted by Crippen LogP contribution is 2.38. The van der Waals surface area contributed by atoms with E-state index in [4.69, 9.17) is 9.26 Å². The molecule has 0 spiro atoms. The zero-order valence-corrected chi connectivity index (χ0v) is 21.8. The maximum Gasteiger partial charge on any atom is 0.258 e. The van der Waals surface area contributed by atoms with Crippen LogP contribution in [0.1, 0.15) is 42.9 Å². The molecular formula is C26H31N5O4S. The highest BCUT2D eigenvalue weighted by atomic mass is 32.2. The maximum absolute atomic E-state index is 12.4. The van der Waals surface area contributed by atoms with Crippen LogP contribution in [0.4, 0.5) is 0 Å². The molecule has 1 atom stereocenters. The van der Waals surface area contributed by atoms with E-state index in [1.807, 2.05) is 51.0 Å². The van der Waals surface area contributed by atoms with Gasteiger partial charge in [0.25, 0.3) is 5.89 Å². The normalized spacial score (nSPS) is 15.3. The number of ether oxygens (including phenoxy) is 1. The third-order valence-electron chi connectivity index (χ3n) is 6.13. The summed E-state index contributed by atoms with van der Waals surface area (Å²) in [5.74, 6) is 1.46. The summed E-state index contributed by atoms with van der Waals surface area (Å²) in [6.45, 7) is 4.65. The van der Waals surface area contributed by atoms with Gasteiger partial charge in [-0.25, -0.2) is 13.1 Å². The summed E-state index contributed by atoms with van der Waals surface area (Å²) in [6.07, 6.45) is 1.60. The molecule has 2 aromatic carbocycles. The molecule has 1 heterocycles. The molecule has 0 saturated carbocycles. The van der Waals surface area contributed by atoms with Crippen LogP contribution in [0, 0.1) is 11.3 Å². The van der Waals surface area contributed by atoms with Crippen molar-refractivity contribution in [2.45, 2.75) is 38.7 Å². The zero-order chi connectivity index (χ0) is 25.9. The summed E-state index contributed by atoms with van der Waals surface area (Å²) in [5.41, 5.74) is 4.13. The first kappa shape index (κ1) is 25.8. The van der Waals surface area contributed by atoms with Gasteiger partial charge in [0, 0.05) is 24.2 Å². The number of rotatable bonds is 10. The van der Waals surface area contributed by atoms with E-state index < -0.39 is 10.0 Å². The van der Waals surface area contributed by atoms with E-state index in [-0.39, 0.29) is 17.8 Å². The molecule has 0 radical (unpaired) electrons. The molecule has 0 saturated heterocycles. The highest BCUT2D eigenvalue weighted by Gasteiger charge is 2.27. The molecular weight excluding hydrogens is 478 g/mol. The second-order valence-electron chi connectivity index (χ2n) is 9.49. The standard InChI is InChI=1S/C26H31N5O4S/c1-17(2)34-24-11-9-18(14-20(24)15-27)26-29-25(30-35-26)23-7-5-6-21-19(8-10-22(21)23)16-28-36(32,33)13-12-31(3)4/h5-7,9,11,14,17,19,28H,8,10,12-13,16H2,1-4H3/t19-/m1/s1. The molecule has 1 N–H and O–H groups in total. The summed E-state index contributed by atoms with van der Waals surface area (Å²) in [6, 6.07) is 13.3. The molecule has 10 heteroatoms. The van der Waals surface area contributed by atoms with Crippen LogP contribution >= 0.6 is 0 Å². The minimum atomic E-state index is -3.34. The molecule has 36 heavy (non-hydrogen) atoms. The lowest BCUT2D eigenvalue weighted by atomic mass is 9.98. The van der Waals surface area contributed by atoms with Gasteiger partial charge in [0.1, 0.15) is 11.8 Å². The fraction of sp³-hybridized carbons (Fsp3) is 0.423. The topological polar surface area (TPSA) is 121 Å². The van der Waals surface area contributed by atoms with Crippen LogP contribution in [0.15, 0.2) is 40.9 Å². The van der Waals surface area contributed by atoms with Crippen molar-refractivity contribution in [2.24, 2.45) is 0 Å². The second-order valence-corrected chi connectivity index (χ2v) is 11.4. The summed E-state index contributed by atoms with van der Waals surface area (Å²) in [7, 11) is 0.372. The predicted molar refractivity (Wildman–Crippen MR) is 137 cm³/mol. The minimum absolute atomic E-state index is 0.0460. The van der Waals surface area contributed by atoms with Gasteiger partial charge in [-0.1, -0.05) is 23.4 Å². The Kier molecular flexibility index (Phi) is 7.73. The number of nitriles is 1. The van der Waals surface area contributed by atoms with Crippen LogP contribution in [-0.2, 0) is 16.4 Å². The van der Waals surface area contributed by atoms with Crippen molar-refractivity contribution in [3.05, 3.63) is 53.1 Å². The molecule has 0 unspecified atom stereocenters. The molecule has 9 nitrogen and oxygen atoms in total. The lowest BCUT2D eigenvalue weighted by molar-refractivity contribution is 0.241. The Balaban J connectivity index is 1.53. The summed E-state index contributed by atoms with van der Waals surface area (Å²) in [4.78, 5) is 6.45. The first-order valence-corrected chi connectivity index (χ1v) is 13.6. The number of hydrogen-bond donors (Lipinski definition) is 1. The number of fused-ring (bicyclic) bond motifs is 1. The molecule has 4 rings (SSSR count). The van der Waals surface area contributed by atoms with Crippen LogP contribution in [-0.4, -0.2) is 62.5 Å². The van der Waals surface area contributed by atoms with Gasteiger partial charge >= 0.3 is 0 Å². The first-order valence-electron chi connectivity index (χ1n) is 12.0. The van der Waals surface area contributed by atoms with Gasteiger partial charge in [0.05, 0.1) is 17.4 Å². The average Bonchev–Trinajstić information content (AvgIpc) is 3.49. The van der Waals surface area contributed by atoms with Gasteiger partial charge in [0.2, 0.25) is 15.8 Å². The summed E-state index contributed by atoms with van der Waals surface area (Å²) < 4.78 is 38.7. The van der Waals surface area contributed by atoms with Crippen LogP contribution in [0.2, 0.25) is 0 Å². The lowest BCUT2D eigenvalue weighted by Crippen LogP contribution is -2.33. The van der Waals surface area contributed by atoms with Crippen LogP contribution in [0.5, 0.6) is 5.75 Å². The van der Waals surface area contributed by atoms with Gasteiger partial charge < -0.3 is 14.2 Å². The van der Waals surface area contributed by atoms with Gasteiger partial charge in [-0.3, -0.25) is 0 Å². The molecule has 1 aliphatic carbocycles. The molecule has 3 aromatic rings. The Bertz CT molecular complexity index is 1380. The van der Waals surface area contributed by atoms with Crippen LogP contribution < -0.4 is 9.46 Å². The Morgan fingerprint density at radius 3 is 2.81 bits per heavy atom. The fourth-order valence-corrected chi connectivity index (χ4v) is 5.53. The highest BCUT2D eigenvalue weighted by molar-refractivity contribution is 7.89. The monoisotopic (exact) mass is 509 g/mol. The van der Waals surface area contributed by atoms with Crippen molar-refractivity contribution < 1.29 is 17.7 Å². The van der Waals surface area contributed by atoms with E-state index in [9.17, 15) is 13.7 Å². The van der Waals surface area contributed by atoms with Crippen molar-refractivity contribution in [3.63, 3.8) is 0 Å². The largest absolute Gasteiger partial charge is 0.490 e. The van der Waals surface area contributed by atoms with Crippen LogP contribution in [0.3, 0.4) is 0 Å². The van der Waals surface area contributed by atoms with E-state index in [1.165, 1.54) is 0 Å². The van der Waals surface area contributed by atoms with E-state index in [0.717, 1.165) is 29.5 Å². The van der Waals surface area contributed by atoms with Gasteiger partial charge in [-0.05, 0) is 76.0 Å². The third-order valence-corrected chi connectivity index (χ3v) is 7.45. The van der Waals surface area contributed by atoms with Crippen LogP contribution in [0.25, 0.3) is 22.8 Å². The average molecular weight is 510 g/mol. The second kappa shape index (κ2) is 10.8. The van der Waals surface area contributed by atoms with Crippen molar-refractivity contribution >= 4 is 10.0 Å². The molecule has 0 aliphatic heterocycles. The fourth-order valence-electron chi connectivity index (χ4n) is 4.32. The van der Waals surface area contributed by atoms with Gasteiger partial charge in [-0.2, -0.15) is 10.2 Å². The SMILES string of the molecule is CC(C)Oc1ccc(-c2nc(-c3cccc4c3CC[C@@H]4CNS(=O)(=O)CCN(C)C)no2)cc1C#N. The Labute approximate surface area is 212 Å². The molecule has 1 aliphatic rings. The summed E-state index contributed by atoms with van der Waals surface area (Å²) >= 11 is 0. The van der Waals surface area contributed by atoms with Gasteiger partial charge in [0.15, 0.2) is 0 Å². The van der Waals surface area contributed by atoms with E-state index in [0.29, 0.717) is 41.7 Å². The quantitative estimate of drug-likeness (QED) is 0.440. The van der Waals surface area contributed by atoms with Crippen molar-refractivity contribution in [2.75, 3.05) is 32.9 Å². The molecule has 190 valence electrons. The van der Waals surface area contributed by atoms with Crippen molar-refractivity contribution in [3.8, 4) is 34.7 Å². The maximum atomic E-state index is 12.4. The number of nitrogens with one attached hydrogen (secondary N) is 1. The molecule has 0 fully saturated rings. The Morgan fingerprint density at radius 2 is 2.08 bits per heavy atom.